The number of hydrogen-bond donors (Lipinski definition) is 2. The molecule has 0 aromatic carbocycles. The average Bonchev–Trinajstić information content (AvgIpc) is 2.26. The summed E-state index contributed by atoms with van der Waals surface area (Å²) in [5.41, 5.74) is 3.59. The Hall–Kier alpha value is -0.780. The Morgan fingerprint density at radius 1 is 1.53 bits per heavy atom. The van der Waals surface area contributed by atoms with Crippen LogP contribution in [0.3, 0.4) is 0 Å². The molecule has 0 aliphatic heterocycles. The molecule has 5 heteroatoms. The first-order valence-electron chi connectivity index (χ1n) is 4.86. The maximum absolute atomic E-state index is 5.30. The fourth-order valence-electron chi connectivity index (χ4n) is 1.25. The molecule has 0 spiro atoms. The highest BCUT2D eigenvalue weighted by molar-refractivity contribution is 7.98. The van der Waals surface area contributed by atoms with Crippen molar-refractivity contribution in [1.29, 1.82) is 0 Å². The quantitative estimate of drug-likeness (QED) is 0.563. The summed E-state index contributed by atoms with van der Waals surface area (Å²) >= 11 is 1.85. The molecule has 0 unspecified atom stereocenters. The summed E-state index contributed by atoms with van der Waals surface area (Å²) in [6.45, 7) is 1.93. The number of rotatable bonds is 6. The van der Waals surface area contributed by atoms with E-state index in [0.29, 0.717) is 5.82 Å². The zero-order chi connectivity index (χ0) is 11.1. The summed E-state index contributed by atoms with van der Waals surface area (Å²) in [5.74, 6) is 7.16. The summed E-state index contributed by atoms with van der Waals surface area (Å²) in [7, 11) is 2.10. The Bertz CT molecular complexity index is 293. The molecular weight excluding hydrogens is 208 g/mol. The third-order valence-electron chi connectivity index (χ3n) is 2.06. The van der Waals surface area contributed by atoms with Crippen molar-refractivity contribution in [2.45, 2.75) is 6.54 Å². The minimum absolute atomic E-state index is 0.714. The second-order valence-electron chi connectivity index (χ2n) is 3.39. The second-order valence-corrected chi connectivity index (χ2v) is 4.37. The SMILES string of the molecule is CSCCN(C)Cc1cccc(NN)n1. The molecule has 0 atom stereocenters. The number of thioether (sulfide) groups is 1. The maximum atomic E-state index is 5.30. The van der Waals surface area contributed by atoms with Crippen LogP contribution in [-0.2, 0) is 6.54 Å². The number of pyridine rings is 1. The van der Waals surface area contributed by atoms with Gasteiger partial charge in [-0.3, -0.25) is 4.90 Å². The molecule has 0 amide bonds. The van der Waals surface area contributed by atoms with E-state index in [-0.39, 0.29) is 0 Å². The lowest BCUT2D eigenvalue weighted by molar-refractivity contribution is 0.344. The van der Waals surface area contributed by atoms with Gasteiger partial charge in [0, 0.05) is 18.8 Å². The molecular formula is C10H18N4S. The topological polar surface area (TPSA) is 54.2 Å². The number of nitrogen functional groups attached to an aromatic ring is 1. The second kappa shape index (κ2) is 6.66. The summed E-state index contributed by atoms with van der Waals surface area (Å²) in [6.07, 6.45) is 2.12. The third-order valence-corrected chi connectivity index (χ3v) is 2.65. The molecule has 1 heterocycles. The molecule has 84 valence electrons. The van der Waals surface area contributed by atoms with E-state index in [0.717, 1.165) is 24.5 Å². The highest BCUT2D eigenvalue weighted by Gasteiger charge is 2.01. The van der Waals surface area contributed by atoms with Gasteiger partial charge < -0.3 is 5.43 Å². The number of aromatic nitrogens is 1. The molecule has 0 radical (unpaired) electrons. The predicted octanol–water partition coefficient (Wildman–Crippen LogP) is 1.16. The Balaban J connectivity index is 2.48. The number of anilines is 1. The van der Waals surface area contributed by atoms with Gasteiger partial charge in [0.05, 0.1) is 5.69 Å². The standard InChI is InChI=1S/C10H18N4S/c1-14(6-7-15-2)8-9-4-3-5-10(12-9)13-11/h3-5H,6-8,11H2,1-2H3,(H,12,13). The van der Waals surface area contributed by atoms with Crippen LogP contribution in [0.2, 0.25) is 0 Å². The maximum Gasteiger partial charge on any atom is 0.140 e. The van der Waals surface area contributed by atoms with Crippen molar-refractivity contribution >= 4 is 17.6 Å². The van der Waals surface area contributed by atoms with Crippen molar-refractivity contribution in [2.24, 2.45) is 5.84 Å². The minimum atomic E-state index is 0.714. The van der Waals surface area contributed by atoms with E-state index in [4.69, 9.17) is 5.84 Å². The third kappa shape index (κ3) is 4.51. The highest BCUT2D eigenvalue weighted by atomic mass is 32.2. The van der Waals surface area contributed by atoms with Crippen molar-refractivity contribution in [3.8, 4) is 0 Å². The van der Waals surface area contributed by atoms with Crippen molar-refractivity contribution < 1.29 is 0 Å². The van der Waals surface area contributed by atoms with Crippen molar-refractivity contribution in [3.05, 3.63) is 23.9 Å². The molecule has 0 bridgehead atoms. The number of hydrazine groups is 1. The lowest BCUT2D eigenvalue weighted by Crippen LogP contribution is -2.21. The fourth-order valence-corrected chi connectivity index (χ4v) is 1.75. The van der Waals surface area contributed by atoms with Crippen LogP contribution in [0.15, 0.2) is 18.2 Å². The number of nitrogens with zero attached hydrogens (tertiary/aromatic N) is 2. The predicted molar refractivity (Wildman–Crippen MR) is 66.8 cm³/mol. The number of hydrogen-bond acceptors (Lipinski definition) is 5. The highest BCUT2D eigenvalue weighted by Crippen LogP contribution is 2.05. The van der Waals surface area contributed by atoms with Gasteiger partial charge >= 0.3 is 0 Å². The lowest BCUT2D eigenvalue weighted by Gasteiger charge is -2.15. The van der Waals surface area contributed by atoms with Crippen molar-refractivity contribution in [3.63, 3.8) is 0 Å². The molecule has 0 saturated carbocycles. The summed E-state index contributed by atoms with van der Waals surface area (Å²) in [5, 5.41) is 0. The summed E-state index contributed by atoms with van der Waals surface area (Å²) in [6, 6.07) is 5.82. The van der Waals surface area contributed by atoms with Crippen LogP contribution in [-0.4, -0.2) is 35.5 Å². The fraction of sp³-hybridized carbons (Fsp3) is 0.500. The van der Waals surface area contributed by atoms with Gasteiger partial charge in [-0.2, -0.15) is 11.8 Å². The van der Waals surface area contributed by atoms with Gasteiger partial charge in [0.2, 0.25) is 0 Å². The van der Waals surface area contributed by atoms with Crippen LogP contribution >= 0.6 is 11.8 Å². The van der Waals surface area contributed by atoms with E-state index in [1.807, 2.05) is 30.0 Å². The van der Waals surface area contributed by atoms with E-state index in [2.05, 4.69) is 28.6 Å². The molecule has 0 aliphatic rings. The van der Waals surface area contributed by atoms with Gasteiger partial charge in [0.15, 0.2) is 0 Å². The van der Waals surface area contributed by atoms with Crippen LogP contribution < -0.4 is 11.3 Å². The van der Waals surface area contributed by atoms with Crippen LogP contribution in [0, 0.1) is 0 Å². The molecule has 0 aliphatic carbocycles. The Morgan fingerprint density at radius 2 is 2.33 bits per heavy atom. The first-order chi connectivity index (χ1) is 7.26. The normalized spacial score (nSPS) is 10.7. The Kier molecular flexibility index (Phi) is 5.45. The zero-order valence-electron chi connectivity index (χ0n) is 9.23. The van der Waals surface area contributed by atoms with E-state index in [1.54, 1.807) is 0 Å². The average molecular weight is 226 g/mol. The van der Waals surface area contributed by atoms with Crippen molar-refractivity contribution in [1.82, 2.24) is 9.88 Å². The molecule has 3 N–H and O–H groups in total. The van der Waals surface area contributed by atoms with E-state index in [9.17, 15) is 0 Å². The summed E-state index contributed by atoms with van der Waals surface area (Å²) < 4.78 is 0. The summed E-state index contributed by atoms with van der Waals surface area (Å²) in [4.78, 5) is 6.60. The molecule has 0 fully saturated rings. The van der Waals surface area contributed by atoms with Gasteiger partial charge in [-0.05, 0) is 25.4 Å². The number of nitrogens with one attached hydrogen (secondary N) is 1. The van der Waals surface area contributed by atoms with Crippen LogP contribution in [0.1, 0.15) is 5.69 Å². The zero-order valence-corrected chi connectivity index (χ0v) is 10.0. The van der Waals surface area contributed by atoms with Crippen LogP contribution in [0.4, 0.5) is 5.82 Å². The van der Waals surface area contributed by atoms with Crippen molar-refractivity contribution in [2.75, 3.05) is 31.0 Å². The van der Waals surface area contributed by atoms with Gasteiger partial charge in [0.25, 0.3) is 0 Å². The minimum Gasteiger partial charge on any atom is -0.308 e. The number of nitrogens with two attached hydrogens (primary N) is 1. The van der Waals surface area contributed by atoms with Gasteiger partial charge in [-0.25, -0.2) is 10.8 Å². The molecule has 1 aromatic heterocycles. The molecule has 1 aromatic rings. The van der Waals surface area contributed by atoms with Gasteiger partial charge in [-0.1, -0.05) is 6.07 Å². The van der Waals surface area contributed by atoms with E-state index in [1.165, 1.54) is 0 Å². The van der Waals surface area contributed by atoms with Crippen LogP contribution in [0.25, 0.3) is 0 Å². The molecule has 15 heavy (non-hydrogen) atoms. The monoisotopic (exact) mass is 226 g/mol. The Morgan fingerprint density at radius 3 is 3.00 bits per heavy atom. The Labute approximate surface area is 95.2 Å². The lowest BCUT2D eigenvalue weighted by atomic mass is 10.3. The first kappa shape index (κ1) is 12.3. The molecule has 1 rings (SSSR count). The van der Waals surface area contributed by atoms with E-state index < -0.39 is 0 Å². The first-order valence-corrected chi connectivity index (χ1v) is 6.25. The van der Waals surface area contributed by atoms with E-state index >= 15 is 0 Å². The largest absolute Gasteiger partial charge is 0.308 e. The van der Waals surface area contributed by atoms with Crippen LogP contribution in [0.5, 0.6) is 0 Å². The van der Waals surface area contributed by atoms with Gasteiger partial charge in [0.1, 0.15) is 5.82 Å². The van der Waals surface area contributed by atoms with Gasteiger partial charge in [-0.15, -0.1) is 0 Å². The molecule has 0 saturated heterocycles. The smallest absolute Gasteiger partial charge is 0.140 e. The molecule has 4 nitrogen and oxygen atoms in total.